The summed E-state index contributed by atoms with van der Waals surface area (Å²) in [6, 6.07) is 84.8. The largest absolute Gasteiger partial charge is 0.455 e. The van der Waals surface area contributed by atoms with Crippen LogP contribution in [0.5, 0.6) is 0 Å². The maximum atomic E-state index is 6.47. The first kappa shape index (κ1) is 35.2. The third-order valence-electron chi connectivity index (χ3n) is 11.7. The number of rotatable bonds is 8. The molecule has 10 aromatic carbocycles. The fraction of sp³-hybridized carbons (Fsp3) is 0. The number of benzene rings is 10. The second-order valence-corrected chi connectivity index (χ2v) is 15.2. The molecule has 0 atom stereocenters. The number of para-hydroxylation sites is 3. The number of furan rings is 1. The molecule has 0 saturated heterocycles. The van der Waals surface area contributed by atoms with Crippen LogP contribution in [0.4, 0.5) is 17.1 Å². The summed E-state index contributed by atoms with van der Waals surface area (Å²) >= 11 is 0. The monoisotopic (exact) mass is 765 g/mol. The number of hydrogen-bond donors (Lipinski definition) is 0. The van der Waals surface area contributed by atoms with Crippen molar-refractivity contribution in [3.8, 4) is 55.6 Å². The smallest absolute Gasteiger partial charge is 0.143 e. The van der Waals surface area contributed by atoms with Crippen LogP contribution in [0.1, 0.15) is 0 Å². The molecule has 60 heavy (non-hydrogen) atoms. The van der Waals surface area contributed by atoms with Crippen LogP contribution in [0.2, 0.25) is 0 Å². The second-order valence-electron chi connectivity index (χ2n) is 15.2. The molecule has 0 fully saturated rings. The van der Waals surface area contributed by atoms with E-state index in [1.165, 1.54) is 49.7 Å². The van der Waals surface area contributed by atoms with Crippen molar-refractivity contribution in [2.24, 2.45) is 0 Å². The highest BCUT2D eigenvalue weighted by Crippen LogP contribution is 2.46. The fourth-order valence-corrected chi connectivity index (χ4v) is 8.90. The summed E-state index contributed by atoms with van der Waals surface area (Å²) in [6.45, 7) is 0. The van der Waals surface area contributed by atoms with Gasteiger partial charge in [-0.3, -0.25) is 0 Å². The lowest BCUT2D eigenvalue weighted by atomic mass is 9.88. The molecule has 0 aliphatic rings. The van der Waals surface area contributed by atoms with E-state index in [4.69, 9.17) is 4.42 Å². The number of fused-ring (bicyclic) bond motifs is 4. The Balaban J connectivity index is 1.07. The first-order valence-electron chi connectivity index (χ1n) is 20.5. The zero-order valence-electron chi connectivity index (χ0n) is 32.9. The molecular weight excluding hydrogens is 727 g/mol. The summed E-state index contributed by atoms with van der Waals surface area (Å²) in [4.78, 5) is 2.40. The predicted molar refractivity (Wildman–Crippen MR) is 253 cm³/mol. The second kappa shape index (κ2) is 15.1. The van der Waals surface area contributed by atoms with Gasteiger partial charge in [0, 0.05) is 33.3 Å². The Labute approximate surface area is 349 Å². The van der Waals surface area contributed by atoms with Gasteiger partial charge in [-0.25, -0.2) is 0 Å². The van der Waals surface area contributed by atoms with E-state index < -0.39 is 0 Å². The molecule has 0 unspecified atom stereocenters. The van der Waals surface area contributed by atoms with Gasteiger partial charge in [0.2, 0.25) is 0 Å². The van der Waals surface area contributed by atoms with Crippen molar-refractivity contribution in [3.05, 3.63) is 237 Å². The molecule has 0 aliphatic carbocycles. The number of hydrogen-bond acceptors (Lipinski definition) is 2. The van der Waals surface area contributed by atoms with Crippen molar-refractivity contribution in [1.29, 1.82) is 0 Å². The van der Waals surface area contributed by atoms with Crippen LogP contribution in [0.25, 0.3) is 88.3 Å². The summed E-state index contributed by atoms with van der Waals surface area (Å²) in [6.07, 6.45) is 0. The van der Waals surface area contributed by atoms with Crippen LogP contribution in [-0.2, 0) is 0 Å². The maximum Gasteiger partial charge on any atom is 0.143 e. The Bertz CT molecular complexity index is 3300. The molecule has 0 N–H and O–H groups in total. The normalized spacial score (nSPS) is 11.3. The van der Waals surface area contributed by atoms with Crippen LogP contribution >= 0.6 is 0 Å². The van der Waals surface area contributed by atoms with Gasteiger partial charge in [-0.2, -0.15) is 0 Å². The Morgan fingerprint density at radius 1 is 0.267 bits per heavy atom. The molecule has 1 aromatic heterocycles. The van der Waals surface area contributed by atoms with Gasteiger partial charge in [0.25, 0.3) is 0 Å². The van der Waals surface area contributed by atoms with E-state index in [-0.39, 0.29) is 0 Å². The third-order valence-corrected chi connectivity index (χ3v) is 11.7. The van der Waals surface area contributed by atoms with Gasteiger partial charge >= 0.3 is 0 Å². The number of nitrogens with zero attached hydrogens (tertiary/aromatic N) is 1. The molecular formula is C58H39NO. The molecule has 0 amide bonds. The van der Waals surface area contributed by atoms with Crippen LogP contribution in [-0.4, -0.2) is 0 Å². The van der Waals surface area contributed by atoms with Crippen LogP contribution < -0.4 is 4.90 Å². The van der Waals surface area contributed by atoms with Gasteiger partial charge in [0.1, 0.15) is 11.2 Å². The van der Waals surface area contributed by atoms with Crippen LogP contribution in [0.15, 0.2) is 241 Å². The molecule has 11 aromatic rings. The van der Waals surface area contributed by atoms with Crippen molar-refractivity contribution >= 4 is 49.8 Å². The Morgan fingerprint density at radius 2 is 0.717 bits per heavy atom. The highest BCUT2D eigenvalue weighted by atomic mass is 16.3. The van der Waals surface area contributed by atoms with Crippen molar-refractivity contribution in [3.63, 3.8) is 0 Å². The molecule has 2 nitrogen and oxygen atoms in total. The fourth-order valence-electron chi connectivity index (χ4n) is 8.90. The molecule has 0 spiro atoms. The van der Waals surface area contributed by atoms with Crippen molar-refractivity contribution in [1.82, 2.24) is 0 Å². The molecule has 1 heterocycles. The Kier molecular flexibility index (Phi) is 8.87. The molecule has 0 radical (unpaired) electrons. The average Bonchev–Trinajstić information content (AvgIpc) is 3.72. The van der Waals surface area contributed by atoms with Crippen molar-refractivity contribution in [2.45, 2.75) is 0 Å². The summed E-state index contributed by atoms with van der Waals surface area (Å²) in [5.74, 6) is 0. The first-order chi connectivity index (χ1) is 29.8. The van der Waals surface area contributed by atoms with Gasteiger partial charge in [-0.1, -0.05) is 200 Å². The van der Waals surface area contributed by atoms with Crippen molar-refractivity contribution < 1.29 is 4.42 Å². The lowest BCUT2D eigenvalue weighted by Gasteiger charge is -2.29. The number of anilines is 3. The van der Waals surface area contributed by atoms with E-state index in [0.29, 0.717) is 0 Å². The first-order valence-corrected chi connectivity index (χ1v) is 20.5. The molecule has 11 rings (SSSR count). The summed E-state index contributed by atoms with van der Waals surface area (Å²) < 4.78 is 6.47. The van der Waals surface area contributed by atoms with E-state index in [9.17, 15) is 0 Å². The van der Waals surface area contributed by atoms with E-state index in [2.05, 4.69) is 229 Å². The topological polar surface area (TPSA) is 16.4 Å². The maximum absolute atomic E-state index is 6.47. The van der Waals surface area contributed by atoms with Gasteiger partial charge in [-0.15, -0.1) is 0 Å². The van der Waals surface area contributed by atoms with E-state index in [1.54, 1.807) is 0 Å². The van der Waals surface area contributed by atoms with Crippen LogP contribution in [0, 0.1) is 0 Å². The minimum Gasteiger partial charge on any atom is -0.455 e. The van der Waals surface area contributed by atoms with Gasteiger partial charge < -0.3 is 9.32 Å². The highest BCUT2D eigenvalue weighted by Gasteiger charge is 2.21. The van der Waals surface area contributed by atoms with Crippen molar-refractivity contribution in [2.75, 3.05) is 4.90 Å². The standard InChI is InChI=1S/C58H39NO/c1-2-16-40(17-3-1)48-21-6-7-22-50(48)51-23-8-9-24-52(51)53-25-10-12-30-56(53)59(44-36-32-42(33-37-44)47-27-14-19-41-18-4-5-20-46(41)47)45-38-34-43(35-39-45)49-28-15-29-55-54-26-11-13-31-57(54)60-58(49)55/h1-39H. The van der Waals surface area contributed by atoms with Crippen LogP contribution in [0.3, 0.4) is 0 Å². The predicted octanol–water partition coefficient (Wildman–Crippen LogP) is 16.5. The van der Waals surface area contributed by atoms with Gasteiger partial charge in [0.05, 0.1) is 5.69 Å². The minimum absolute atomic E-state index is 0.901. The van der Waals surface area contributed by atoms with Gasteiger partial charge in [0.15, 0.2) is 0 Å². The molecule has 0 saturated carbocycles. The quantitative estimate of drug-likeness (QED) is 0.153. The lowest BCUT2D eigenvalue weighted by Crippen LogP contribution is -2.11. The van der Waals surface area contributed by atoms with E-state index >= 15 is 0 Å². The molecule has 2 heteroatoms. The molecule has 282 valence electrons. The minimum atomic E-state index is 0.901. The summed E-state index contributed by atoms with van der Waals surface area (Å²) in [5, 5.41) is 4.74. The molecule has 0 bridgehead atoms. The SMILES string of the molecule is c1ccc(-c2ccccc2-c2ccccc2-c2ccccc2N(c2ccc(-c3cccc4ccccc34)cc2)c2ccc(-c3cccc4c3oc3ccccc34)cc2)cc1. The molecule has 0 aliphatic heterocycles. The average molecular weight is 766 g/mol. The summed E-state index contributed by atoms with van der Waals surface area (Å²) in [7, 11) is 0. The third kappa shape index (κ3) is 6.23. The highest BCUT2D eigenvalue weighted by molar-refractivity contribution is 6.09. The Hall–Kier alpha value is -7.94. The van der Waals surface area contributed by atoms with Gasteiger partial charge in [-0.05, 0) is 91.7 Å². The zero-order valence-corrected chi connectivity index (χ0v) is 32.9. The van der Waals surface area contributed by atoms with E-state index in [1.807, 2.05) is 12.1 Å². The summed E-state index contributed by atoms with van der Waals surface area (Å²) in [5.41, 5.74) is 16.7. The Morgan fingerprint density at radius 3 is 1.45 bits per heavy atom. The lowest BCUT2D eigenvalue weighted by molar-refractivity contribution is 0.670. The zero-order chi connectivity index (χ0) is 39.8. The van der Waals surface area contributed by atoms with E-state index in [0.717, 1.165) is 55.7 Å².